The largest absolute Gasteiger partial charge is 0.494 e. The van der Waals surface area contributed by atoms with Crippen molar-refractivity contribution >= 4 is 39.4 Å². The maximum Gasteiger partial charge on any atom is 0.316 e. The van der Waals surface area contributed by atoms with Crippen LogP contribution in [0, 0.1) is 0 Å². The number of nitrogens with zero attached hydrogens (tertiary/aromatic N) is 2. The maximum atomic E-state index is 13.1. The Hall–Kier alpha value is -2.00. The number of carbonyl (C=O) groups is 1. The number of rotatable bonds is 6. The van der Waals surface area contributed by atoms with Crippen LogP contribution in [0.15, 0.2) is 22.6 Å². The van der Waals surface area contributed by atoms with E-state index in [0.29, 0.717) is 30.2 Å². The molecule has 0 saturated heterocycles. The van der Waals surface area contributed by atoms with E-state index in [1.54, 1.807) is 30.1 Å². The number of ether oxygens (including phenoxy) is 1. The van der Waals surface area contributed by atoms with Crippen molar-refractivity contribution in [3.8, 4) is 5.75 Å². The van der Waals surface area contributed by atoms with Gasteiger partial charge in [0.15, 0.2) is 5.11 Å². The highest BCUT2D eigenvalue weighted by molar-refractivity contribution is 7.80. The zero-order valence-corrected chi connectivity index (χ0v) is 16.0. The average Bonchev–Trinajstić information content (AvgIpc) is 3.39. The van der Waals surface area contributed by atoms with E-state index in [0.717, 1.165) is 12.0 Å². The summed E-state index contributed by atoms with van der Waals surface area (Å²) < 4.78 is 30.6. The summed E-state index contributed by atoms with van der Waals surface area (Å²) in [6.45, 7) is 2.50. The summed E-state index contributed by atoms with van der Waals surface area (Å²) in [6, 6.07) is 5.02. The summed E-state index contributed by atoms with van der Waals surface area (Å²) in [5.41, 5.74) is 0.227. The van der Waals surface area contributed by atoms with Gasteiger partial charge < -0.3 is 10.1 Å². The molecule has 0 bridgehead atoms. The van der Waals surface area contributed by atoms with Crippen molar-refractivity contribution in [3.05, 3.63) is 23.8 Å². The smallest absolute Gasteiger partial charge is 0.316 e. The fourth-order valence-electron chi connectivity index (χ4n) is 2.80. The SMILES string of the molecule is CCCN(C(=O)C1(c2ccc(OC)c(N=S(=O)=O)c2)CC1)C(=S)NC. The normalized spacial score (nSPS) is 14.4. The van der Waals surface area contributed by atoms with Crippen LogP contribution in [0.5, 0.6) is 5.75 Å². The predicted octanol–water partition coefficient (Wildman–Crippen LogP) is 2.16. The molecule has 1 aromatic carbocycles. The molecule has 0 unspecified atom stereocenters. The number of methoxy groups -OCH3 is 1. The molecule has 7 nitrogen and oxygen atoms in total. The molecular weight excluding hydrogens is 362 g/mol. The predicted molar refractivity (Wildman–Crippen MR) is 98.6 cm³/mol. The van der Waals surface area contributed by atoms with Crippen molar-refractivity contribution in [1.29, 1.82) is 0 Å². The topological polar surface area (TPSA) is 88.1 Å². The molecule has 0 spiro atoms. The second-order valence-corrected chi connectivity index (χ2v) is 6.79. The van der Waals surface area contributed by atoms with Crippen molar-refractivity contribution in [2.75, 3.05) is 20.7 Å². The Morgan fingerprint density at radius 1 is 1.44 bits per heavy atom. The summed E-state index contributed by atoms with van der Waals surface area (Å²) in [5.74, 6) is 0.264. The number of thiocarbonyl (C=S) groups is 1. The van der Waals surface area contributed by atoms with Crippen LogP contribution in [0.4, 0.5) is 5.69 Å². The molecule has 1 aliphatic rings. The molecule has 1 N–H and O–H groups in total. The van der Waals surface area contributed by atoms with Crippen molar-refractivity contribution in [1.82, 2.24) is 10.2 Å². The van der Waals surface area contributed by atoms with Gasteiger partial charge in [0.1, 0.15) is 11.4 Å². The standard InChI is InChI=1S/C16H21N3O4S2/c1-4-9-19(15(24)17-2)14(20)16(7-8-16)11-5-6-13(23-3)12(10-11)18-25(21)22/h5-6,10H,4,7-9H2,1-3H3,(H,17,24). The number of nitrogens with one attached hydrogen (secondary N) is 1. The van der Waals surface area contributed by atoms with Crippen LogP contribution in [-0.2, 0) is 20.7 Å². The van der Waals surface area contributed by atoms with E-state index in [4.69, 9.17) is 17.0 Å². The summed E-state index contributed by atoms with van der Waals surface area (Å²) in [7, 11) is 0.519. The van der Waals surface area contributed by atoms with Gasteiger partial charge >= 0.3 is 10.5 Å². The molecule has 1 amide bonds. The first-order chi connectivity index (χ1) is 11.9. The van der Waals surface area contributed by atoms with Crippen molar-refractivity contribution in [3.63, 3.8) is 0 Å². The Bertz CT molecular complexity index is 809. The molecule has 25 heavy (non-hydrogen) atoms. The molecular formula is C16H21N3O4S2. The van der Waals surface area contributed by atoms with E-state index in [2.05, 4.69) is 9.68 Å². The third-order valence-corrected chi connectivity index (χ3v) is 4.99. The first-order valence-corrected chi connectivity index (χ1v) is 9.37. The minimum atomic E-state index is -2.61. The van der Waals surface area contributed by atoms with Gasteiger partial charge in [0.2, 0.25) is 5.91 Å². The molecule has 0 atom stereocenters. The van der Waals surface area contributed by atoms with Gasteiger partial charge in [-0.25, -0.2) is 0 Å². The van der Waals surface area contributed by atoms with E-state index in [1.165, 1.54) is 7.11 Å². The molecule has 0 heterocycles. The molecule has 136 valence electrons. The lowest BCUT2D eigenvalue weighted by Crippen LogP contribution is -2.47. The monoisotopic (exact) mass is 383 g/mol. The third kappa shape index (κ3) is 3.98. The second kappa shape index (κ2) is 7.92. The minimum absolute atomic E-state index is 0.0759. The van der Waals surface area contributed by atoms with Crippen molar-refractivity contribution < 1.29 is 17.9 Å². The zero-order chi connectivity index (χ0) is 18.6. The number of benzene rings is 1. The van der Waals surface area contributed by atoms with Gasteiger partial charge in [-0.2, -0.15) is 8.42 Å². The van der Waals surface area contributed by atoms with Gasteiger partial charge in [0, 0.05) is 13.6 Å². The summed E-state index contributed by atoms with van der Waals surface area (Å²) >= 11 is 5.26. The van der Waals surface area contributed by atoms with Crippen LogP contribution in [-0.4, -0.2) is 45.0 Å². The number of carbonyl (C=O) groups excluding carboxylic acids is 1. The number of amides is 1. The number of hydrogen-bond acceptors (Lipinski definition) is 6. The van der Waals surface area contributed by atoms with E-state index in [-0.39, 0.29) is 11.6 Å². The fraction of sp³-hybridized carbons (Fsp3) is 0.500. The van der Waals surface area contributed by atoms with Crippen LogP contribution in [0.25, 0.3) is 0 Å². The highest BCUT2D eigenvalue weighted by Crippen LogP contribution is 2.51. The van der Waals surface area contributed by atoms with Gasteiger partial charge in [-0.1, -0.05) is 13.0 Å². The Kier molecular flexibility index (Phi) is 6.12. The van der Waals surface area contributed by atoms with E-state index in [9.17, 15) is 13.2 Å². The Balaban J connectivity index is 2.44. The Morgan fingerprint density at radius 3 is 2.60 bits per heavy atom. The lowest BCUT2D eigenvalue weighted by atomic mass is 9.93. The molecule has 0 radical (unpaired) electrons. The molecule has 1 fully saturated rings. The quantitative estimate of drug-likeness (QED) is 0.758. The molecule has 1 aromatic rings. The first kappa shape index (κ1) is 19.3. The van der Waals surface area contributed by atoms with Crippen LogP contribution >= 0.6 is 12.2 Å². The van der Waals surface area contributed by atoms with E-state index in [1.807, 2.05) is 6.92 Å². The minimum Gasteiger partial charge on any atom is -0.494 e. The maximum absolute atomic E-state index is 13.1. The Labute approximate surface area is 154 Å². The first-order valence-electron chi connectivity index (χ1n) is 7.93. The molecule has 0 aromatic heterocycles. The van der Waals surface area contributed by atoms with Gasteiger partial charge in [0.25, 0.3) is 0 Å². The highest BCUT2D eigenvalue weighted by atomic mass is 32.2. The lowest BCUT2D eigenvalue weighted by molar-refractivity contribution is -0.130. The van der Waals surface area contributed by atoms with Gasteiger partial charge in [-0.3, -0.25) is 9.69 Å². The molecule has 2 rings (SSSR count). The van der Waals surface area contributed by atoms with Crippen LogP contribution in [0.3, 0.4) is 0 Å². The average molecular weight is 383 g/mol. The van der Waals surface area contributed by atoms with Gasteiger partial charge in [0.05, 0.1) is 12.5 Å². The Morgan fingerprint density at radius 2 is 2.12 bits per heavy atom. The summed E-state index contributed by atoms with van der Waals surface area (Å²) in [4.78, 5) is 14.7. The van der Waals surface area contributed by atoms with E-state index < -0.39 is 15.9 Å². The summed E-state index contributed by atoms with van der Waals surface area (Å²) in [6.07, 6.45) is 2.15. The zero-order valence-electron chi connectivity index (χ0n) is 14.4. The number of hydrogen-bond donors (Lipinski definition) is 1. The van der Waals surface area contributed by atoms with Gasteiger partial charge in [-0.05, 0) is 49.2 Å². The molecule has 1 saturated carbocycles. The second-order valence-electron chi connectivity index (χ2n) is 5.79. The summed E-state index contributed by atoms with van der Waals surface area (Å²) in [5, 5.41) is 3.24. The van der Waals surface area contributed by atoms with Crippen molar-refractivity contribution in [2.45, 2.75) is 31.6 Å². The van der Waals surface area contributed by atoms with E-state index >= 15 is 0 Å². The van der Waals surface area contributed by atoms with Crippen LogP contribution < -0.4 is 10.1 Å². The fourth-order valence-corrected chi connectivity index (χ4v) is 3.28. The highest BCUT2D eigenvalue weighted by Gasteiger charge is 2.53. The third-order valence-electron chi connectivity index (χ3n) is 4.22. The lowest BCUT2D eigenvalue weighted by Gasteiger charge is -2.27. The van der Waals surface area contributed by atoms with Crippen LogP contribution in [0.2, 0.25) is 0 Å². The van der Waals surface area contributed by atoms with Crippen LogP contribution in [0.1, 0.15) is 31.7 Å². The van der Waals surface area contributed by atoms with Gasteiger partial charge in [-0.15, -0.1) is 4.36 Å². The van der Waals surface area contributed by atoms with Crippen molar-refractivity contribution in [2.24, 2.45) is 4.36 Å². The molecule has 9 heteroatoms. The molecule has 0 aliphatic heterocycles. The molecule has 1 aliphatic carbocycles.